The minimum absolute atomic E-state index is 0.0766. The maximum absolute atomic E-state index is 9.84. The summed E-state index contributed by atoms with van der Waals surface area (Å²) in [6.45, 7) is 5.14. The van der Waals surface area contributed by atoms with Gasteiger partial charge in [0.05, 0.1) is 18.8 Å². The molecular formula is C10H20O2S. The van der Waals surface area contributed by atoms with Gasteiger partial charge in [0.1, 0.15) is 0 Å². The topological polar surface area (TPSA) is 29.5 Å². The Balaban J connectivity index is 2.24. The highest BCUT2D eigenvalue weighted by atomic mass is 32.2. The lowest BCUT2D eigenvalue weighted by Crippen LogP contribution is -2.36. The molecule has 0 aromatic heterocycles. The molecule has 0 saturated carbocycles. The molecule has 1 N–H and O–H groups in total. The van der Waals surface area contributed by atoms with Gasteiger partial charge in [-0.3, -0.25) is 0 Å². The van der Waals surface area contributed by atoms with Crippen LogP contribution in [0.2, 0.25) is 0 Å². The molecule has 13 heavy (non-hydrogen) atoms. The molecule has 1 heterocycles. The molecule has 3 atom stereocenters. The molecular weight excluding hydrogens is 184 g/mol. The first kappa shape index (κ1) is 11.3. The largest absolute Gasteiger partial charge is 0.390 e. The molecule has 2 nitrogen and oxygen atoms in total. The van der Waals surface area contributed by atoms with Crippen molar-refractivity contribution in [2.75, 3.05) is 18.1 Å². The second-order valence-electron chi connectivity index (χ2n) is 3.80. The number of hydrogen-bond donors (Lipinski definition) is 1. The predicted octanol–water partition coefficient (Wildman–Crippen LogP) is 1.92. The fourth-order valence-electron chi connectivity index (χ4n) is 1.46. The van der Waals surface area contributed by atoms with E-state index in [9.17, 15) is 5.11 Å². The van der Waals surface area contributed by atoms with Crippen molar-refractivity contribution >= 4 is 11.8 Å². The van der Waals surface area contributed by atoms with Crippen molar-refractivity contribution in [3.63, 3.8) is 0 Å². The van der Waals surface area contributed by atoms with Gasteiger partial charge in [0.2, 0.25) is 0 Å². The van der Waals surface area contributed by atoms with E-state index in [-0.39, 0.29) is 12.2 Å². The van der Waals surface area contributed by atoms with Crippen molar-refractivity contribution in [3.8, 4) is 0 Å². The lowest BCUT2D eigenvalue weighted by Gasteiger charge is -2.28. The Morgan fingerprint density at radius 2 is 2.38 bits per heavy atom. The zero-order valence-electron chi connectivity index (χ0n) is 8.53. The van der Waals surface area contributed by atoms with Crippen LogP contribution in [-0.4, -0.2) is 35.4 Å². The molecule has 78 valence electrons. The molecule has 3 unspecified atom stereocenters. The Morgan fingerprint density at radius 1 is 1.62 bits per heavy atom. The van der Waals surface area contributed by atoms with E-state index < -0.39 is 0 Å². The zero-order chi connectivity index (χ0) is 9.68. The van der Waals surface area contributed by atoms with Crippen LogP contribution in [0.25, 0.3) is 0 Å². The minimum Gasteiger partial charge on any atom is -0.390 e. The molecule has 0 bridgehead atoms. The molecule has 0 amide bonds. The number of hydrogen-bond acceptors (Lipinski definition) is 3. The van der Waals surface area contributed by atoms with Crippen LogP contribution in [0.5, 0.6) is 0 Å². The summed E-state index contributed by atoms with van der Waals surface area (Å²) in [5.74, 6) is 2.63. The summed E-state index contributed by atoms with van der Waals surface area (Å²) in [7, 11) is 0. The van der Waals surface area contributed by atoms with E-state index in [2.05, 4.69) is 13.8 Å². The molecule has 0 aliphatic carbocycles. The van der Waals surface area contributed by atoms with Crippen LogP contribution in [0, 0.1) is 5.92 Å². The third-order valence-electron chi connectivity index (χ3n) is 2.61. The second kappa shape index (κ2) is 5.89. The van der Waals surface area contributed by atoms with Gasteiger partial charge in [0.15, 0.2) is 0 Å². The summed E-state index contributed by atoms with van der Waals surface area (Å²) in [6.07, 6.45) is 1.83. The van der Waals surface area contributed by atoms with Crippen LogP contribution in [0.3, 0.4) is 0 Å². The van der Waals surface area contributed by atoms with Gasteiger partial charge in [-0.1, -0.05) is 20.3 Å². The number of thioether (sulfide) groups is 1. The second-order valence-corrected chi connectivity index (χ2v) is 4.95. The molecule has 0 aromatic rings. The maximum Gasteiger partial charge on any atom is 0.0924 e. The Hall–Kier alpha value is 0.270. The molecule has 0 spiro atoms. The summed E-state index contributed by atoms with van der Waals surface area (Å²) in [6, 6.07) is 0. The standard InChI is InChI=1S/C10H20O2S/c1-3-8(2)6-9(11)10-7-13-5-4-12-10/h8-11H,3-7H2,1-2H3. The number of rotatable bonds is 4. The number of aliphatic hydroxyl groups excluding tert-OH is 1. The van der Waals surface area contributed by atoms with E-state index in [0.717, 1.165) is 31.0 Å². The summed E-state index contributed by atoms with van der Waals surface area (Å²) in [4.78, 5) is 0. The molecule has 1 aliphatic rings. The Bertz CT molecular complexity index is 135. The normalized spacial score (nSPS) is 28.4. The van der Waals surface area contributed by atoms with Gasteiger partial charge in [-0.2, -0.15) is 11.8 Å². The number of aliphatic hydroxyl groups is 1. The summed E-state index contributed by atoms with van der Waals surface area (Å²) < 4.78 is 5.51. The van der Waals surface area contributed by atoms with E-state index in [1.54, 1.807) is 0 Å². The van der Waals surface area contributed by atoms with Crippen molar-refractivity contribution in [1.29, 1.82) is 0 Å². The molecule has 3 heteroatoms. The van der Waals surface area contributed by atoms with Crippen LogP contribution in [0.1, 0.15) is 26.7 Å². The van der Waals surface area contributed by atoms with Crippen LogP contribution in [0.15, 0.2) is 0 Å². The monoisotopic (exact) mass is 204 g/mol. The first-order valence-corrected chi connectivity index (χ1v) is 6.27. The highest BCUT2D eigenvalue weighted by Crippen LogP contribution is 2.20. The highest BCUT2D eigenvalue weighted by Gasteiger charge is 2.23. The van der Waals surface area contributed by atoms with Crippen molar-refractivity contribution in [1.82, 2.24) is 0 Å². The van der Waals surface area contributed by atoms with Crippen molar-refractivity contribution in [3.05, 3.63) is 0 Å². The third-order valence-corrected chi connectivity index (χ3v) is 3.63. The van der Waals surface area contributed by atoms with Gasteiger partial charge in [0.25, 0.3) is 0 Å². The first-order chi connectivity index (χ1) is 6.24. The van der Waals surface area contributed by atoms with Gasteiger partial charge in [-0.25, -0.2) is 0 Å². The van der Waals surface area contributed by atoms with Crippen LogP contribution in [-0.2, 0) is 4.74 Å². The van der Waals surface area contributed by atoms with E-state index in [1.165, 1.54) is 0 Å². The van der Waals surface area contributed by atoms with Crippen LogP contribution in [0.4, 0.5) is 0 Å². The van der Waals surface area contributed by atoms with Crippen LogP contribution < -0.4 is 0 Å². The van der Waals surface area contributed by atoms with Crippen molar-refractivity contribution < 1.29 is 9.84 Å². The molecule has 1 saturated heterocycles. The van der Waals surface area contributed by atoms with Crippen molar-refractivity contribution in [2.24, 2.45) is 5.92 Å². The van der Waals surface area contributed by atoms with Gasteiger partial charge in [-0.05, 0) is 12.3 Å². The van der Waals surface area contributed by atoms with Crippen molar-refractivity contribution in [2.45, 2.75) is 38.9 Å². The fraction of sp³-hybridized carbons (Fsp3) is 1.00. The molecule has 1 aliphatic heterocycles. The molecule has 1 rings (SSSR count). The lowest BCUT2D eigenvalue weighted by molar-refractivity contribution is -0.0305. The minimum atomic E-state index is -0.261. The molecule has 1 fully saturated rings. The quantitative estimate of drug-likeness (QED) is 0.758. The molecule has 0 aromatic carbocycles. The Kier molecular flexibility index (Phi) is 5.14. The Morgan fingerprint density at radius 3 is 2.92 bits per heavy atom. The van der Waals surface area contributed by atoms with Gasteiger partial charge in [-0.15, -0.1) is 0 Å². The van der Waals surface area contributed by atoms with E-state index in [4.69, 9.17) is 4.74 Å². The highest BCUT2D eigenvalue weighted by molar-refractivity contribution is 7.99. The SMILES string of the molecule is CCC(C)CC(O)C1CSCCO1. The third kappa shape index (κ3) is 3.88. The smallest absolute Gasteiger partial charge is 0.0924 e. The number of ether oxygens (including phenoxy) is 1. The van der Waals surface area contributed by atoms with Gasteiger partial charge >= 0.3 is 0 Å². The average molecular weight is 204 g/mol. The van der Waals surface area contributed by atoms with E-state index in [1.807, 2.05) is 11.8 Å². The van der Waals surface area contributed by atoms with Gasteiger partial charge in [0, 0.05) is 11.5 Å². The predicted molar refractivity (Wildman–Crippen MR) is 57.1 cm³/mol. The summed E-state index contributed by atoms with van der Waals surface area (Å²) >= 11 is 1.88. The fourth-order valence-corrected chi connectivity index (χ4v) is 2.39. The van der Waals surface area contributed by atoms with Gasteiger partial charge < -0.3 is 9.84 Å². The summed E-state index contributed by atoms with van der Waals surface area (Å²) in [5, 5.41) is 9.84. The van der Waals surface area contributed by atoms with Crippen LogP contribution >= 0.6 is 11.8 Å². The lowest BCUT2D eigenvalue weighted by atomic mass is 9.98. The Labute approximate surface area is 85.0 Å². The maximum atomic E-state index is 9.84. The summed E-state index contributed by atoms with van der Waals surface area (Å²) in [5.41, 5.74) is 0. The average Bonchev–Trinajstić information content (AvgIpc) is 2.19. The van der Waals surface area contributed by atoms with E-state index in [0.29, 0.717) is 5.92 Å². The van der Waals surface area contributed by atoms with E-state index >= 15 is 0 Å². The molecule has 0 radical (unpaired) electrons. The zero-order valence-corrected chi connectivity index (χ0v) is 9.35. The first-order valence-electron chi connectivity index (χ1n) is 5.11.